The molecular weight excluding hydrogens is 322 g/mol. The molecule has 126 valence electrons. The number of sulfone groups is 1. The number of amides is 1. The van der Waals surface area contributed by atoms with Crippen molar-refractivity contribution < 1.29 is 27.9 Å². The molecule has 1 saturated heterocycles. The van der Waals surface area contributed by atoms with Crippen LogP contribution in [0.1, 0.15) is 16.8 Å². The lowest BCUT2D eigenvalue weighted by Crippen LogP contribution is -2.44. The van der Waals surface area contributed by atoms with Gasteiger partial charge in [-0.1, -0.05) is 6.07 Å². The number of phenols is 1. The normalized spacial score (nSPS) is 23.0. The van der Waals surface area contributed by atoms with Crippen LogP contribution in [-0.2, 0) is 14.6 Å². The number of hydrogen-bond donors (Lipinski definition) is 2. The lowest BCUT2D eigenvalue weighted by Gasteiger charge is -2.30. The van der Waals surface area contributed by atoms with E-state index in [1.165, 1.54) is 19.2 Å². The van der Waals surface area contributed by atoms with Gasteiger partial charge in [-0.15, -0.1) is 0 Å². The molecule has 0 aliphatic carbocycles. The maximum atomic E-state index is 11.9. The summed E-state index contributed by atoms with van der Waals surface area (Å²) in [7, 11) is -1.78. The van der Waals surface area contributed by atoms with Crippen molar-refractivity contribution in [3.05, 3.63) is 23.8 Å². The van der Waals surface area contributed by atoms with E-state index >= 15 is 0 Å². The number of carbonyl (C=O) groups excluding carboxylic acids is 2. The van der Waals surface area contributed by atoms with Crippen molar-refractivity contribution in [1.29, 1.82) is 0 Å². The predicted molar refractivity (Wildman–Crippen MR) is 83.3 cm³/mol. The Morgan fingerprint density at radius 2 is 2.22 bits per heavy atom. The van der Waals surface area contributed by atoms with Crippen molar-refractivity contribution in [2.24, 2.45) is 11.8 Å². The molecule has 1 aliphatic rings. The van der Waals surface area contributed by atoms with Gasteiger partial charge in [-0.3, -0.25) is 9.59 Å². The topological polar surface area (TPSA) is 110 Å². The van der Waals surface area contributed by atoms with Gasteiger partial charge in [-0.25, -0.2) is 8.42 Å². The zero-order valence-corrected chi connectivity index (χ0v) is 13.5. The Morgan fingerprint density at radius 1 is 1.48 bits per heavy atom. The molecule has 0 radical (unpaired) electrons. The maximum absolute atomic E-state index is 11.9. The first kappa shape index (κ1) is 17.3. The second-order valence-electron chi connectivity index (χ2n) is 5.50. The number of benzene rings is 1. The number of carbonyl (C=O) groups is 2. The number of nitrogens with one attached hydrogen (secondary N) is 1. The van der Waals surface area contributed by atoms with E-state index in [4.69, 9.17) is 4.74 Å². The van der Waals surface area contributed by atoms with Gasteiger partial charge >= 0.3 is 0 Å². The van der Waals surface area contributed by atoms with Crippen molar-refractivity contribution >= 4 is 22.0 Å². The predicted octanol–water partition coefficient (Wildman–Crippen LogP) is 0.380. The molecule has 2 rings (SSSR count). The first-order valence-corrected chi connectivity index (χ1v) is 9.02. The summed E-state index contributed by atoms with van der Waals surface area (Å²) < 4.78 is 29.1. The van der Waals surface area contributed by atoms with Gasteiger partial charge < -0.3 is 15.2 Å². The third kappa shape index (κ3) is 4.01. The van der Waals surface area contributed by atoms with Gasteiger partial charge in [0, 0.05) is 13.0 Å². The Bertz CT molecular complexity index is 700. The molecule has 0 aromatic heterocycles. The number of phenolic OH excluding ortho intramolecular Hbond substituents is 1. The van der Waals surface area contributed by atoms with Crippen molar-refractivity contribution in [3.8, 4) is 11.5 Å². The lowest BCUT2D eigenvalue weighted by atomic mass is 9.91. The van der Waals surface area contributed by atoms with E-state index in [2.05, 4.69) is 5.32 Å². The molecule has 1 aliphatic heterocycles. The molecule has 8 heteroatoms. The summed E-state index contributed by atoms with van der Waals surface area (Å²) in [6.07, 6.45) is 0.807. The molecular formula is C15H19NO6S. The first-order chi connectivity index (χ1) is 10.9. The summed E-state index contributed by atoms with van der Waals surface area (Å²) in [4.78, 5) is 22.9. The highest BCUT2D eigenvalue weighted by atomic mass is 32.2. The third-order valence-electron chi connectivity index (χ3n) is 4.00. The highest BCUT2D eigenvalue weighted by Crippen LogP contribution is 2.29. The fourth-order valence-corrected chi connectivity index (χ4v) is 4.47. The standard InChI is InChI=1S/C15H19NO6S/c1-16-15(19)12-9-23(20,21)6-5-10(12)8-22-14-4-2-3-13(18)11(14)7-17/h2-4,7,10,12,18H,5-6,8-9H2,1H3,(H,16,19). The van der Waals surface area contributed by atoms with E-state index in [9.17, 15) is 23.1 Å². The largest absolute Gasteiger partial charge is 0.507 e. The molecule has 2 atom stereocenters. The maximum Gasteiger partial charge on any atom is 0.224 e. The van der Waals surface area contributed by atoms with Gasteiger partial charge in [0.1, 0.15) is 11.5 Å². The molecule has 2 N–H and O–H groups in total. The van der Waals surface area contributed by atoms with Crippen LogP contribution in [0.2, 0.25) is 0 Å². The zero-order valence-electron chi connectivity index (χ0n) is 12.7. The summed E-state index contributed by atoms with van der Waals surface area (Å²) in [6.45, 7) is 0.0951. The van der Waals surface area contributed by atoms with Gasteiger partial charge in [-0.05, 0) is 18.6 Å². The molecule has 23 heavy (non-hydrogen) atoms. The lowest BCUT2D eigenvalue weighted by molar-refractivity contribution is -0.126. The second-order valence-corrected chi connectivity index (χ2v) is 7.73. The summed E-state index contributed by atoms with van der Waals surface area (Å²) in [6, 6.07) is 4.45. The minimum Gasteiger partial charge on any atom is -0.507 e. The van der Waals surface area contributed by atoms with Crippen molar-refractivity contribution in [2.75, 3.05) is 25.2 Å². The smallest absolute Gasteiger partial charge is 0.224 e. The number of aromatic hydroxyl groups is 1. The van der Waals surface area contributed by atoms with Crippen LogP contribution < -0.4 is 10.1 Å². The average molecular weight is 341 g/mol. The van der Waals surface area contributed by atoms with E-state index in [1.54, 1.807) is 6.07 Å². The Kier molecular flexibility index (Phi) is 5.25. The van der Waals surface area contributed by atoms with Crippen LogP contribution in [-0.4, -0.2) is 50.9 Å². The SMILES string of the molecule is CNC(=O)C1CS(=O)(=O)CCC1COc1cccc(O)c1C=O. The van der Waals surface area contributed by atoms with Crippen LogP contribution in [0.4, 0.5) is 0 Å². The monoisotopic (exact) mass is 341 g/mol. The average Bonchev–Trinajstić information content (AvgIpc) is 2.52. The molecule has 0 bridgehead atoms. The third-order valence-corrected chi connectivity index (χ3v) is 5.72. The molecule has 0 saturated carbocycles. The molecule has 1 aromatic carbocycles. The van der Waals surface area contributed by atoms with Gasteiger partial charge in [-0.2, -0.15) is 0 Å². The number of ether oxygens (including phenoxy) is 1. The van der Waals surface area contributed by atoms with Crippen LogP contribution >= 0.6 is 0 Å². The Morgan fingerprint density at radius 3 is 2.87 bits per heavy atom. The highest BCUT2D eigenvalue weighted by Gasteiger charge is 2.37. The number of rotatable bonds is 5. The molecule has 2 unspecified atom stereocenters. The Hall–Kier alpha value is -2.09. The summed E-state index contributed by atoms with van der Waals surface area (Å²) >= 11 is 0. The molecule has 7 nitrogen and oxygen atoms in total. The fraction of sp³-hybridized carbons (Fsp3) is 0.467. The second kappa shape index (κ2) is 6.99. The number of aldehydes is 1. The minimum atomic E-state index is -3.24. The van der Waals surface area contributed by atoms with E-state index in [-0.39, 0.29) is 47.0 Å². The van der Waals surface area contributed by atoms with Gasteiger partial charge in [0.15, 0.2) is 16.1 Å². The molecule has 1 amide bonds. The quantitative estimate of drug-likeness (QED) is 0.749. The van der Waals surface area contributed by atoms with Crippen LogP contribution in [0.5, 0.6) is 11.5 Å². The molecule has 1 fully saturated rings. The van der Waals surface area contributed by atoms with Crippen LogP contribution in [0, 0.1) is 11.8 Å². The van der Waals surface area contributed by atoms with Crippen molar-refractivity contribution in [3.63, 3.8) is 0 Å². The van der Waals surface area contributed by atoms with Crippen LogP contribution in [0.3, 0.4) is 0 Å². The highest BCUT2D eigenvalue weighted by molar-refractivity contribution is 7.91. The van der Waals surface area contributed by atoms with E-state index in [1.807, 2.05) is 0 Å². The fourth-order valence-electron chi connectivity index (χ4n) is 2.67. The number of hydrogen-bond acceptors (Lipinski definition) is 6. The van der Waals surface area contributed by atoms with Gasteiger partial charge in [0.2, 0.25) is 5.91 Å². The summed E-state index contributed by atoms with van der Waals surface area (Å²) in [5, 5.41) is 12.1. The first-order valence-electron chi connectivity index (χ1n) is 7.20. The molecule has 1 heterocycles. The van der Waals surface area contributed by atoms with Crippen molar-refractivity contribution in [2.45, 2.75) is 6.42 Å². The van der Waals surface area contributed by atoms with E-state index < -0.39 is 15.8 Å². The van der Waals surface area contributed by atoms with Crippen molar-refractivity contribution in [1.82, 2.24) is 5.32 Å². The summed E-state index contributed by atoms with van der Waals surface area (Å²) in [5.41, 5.74) is 0.0347. The zero-order chi connectivity index (χ0) is 17.0. The molecule has 1 aromatic rings. The molecule has 0 spiro atoms. The van der Waals surface area contributed by atoms with Crippen LogP contribution in [0.15, 0.2) is 18.2 Å². The summed E-state index contributed by atoms with van der Waals surface area (Å²) in [5.74, 6) is -1.48. The van der Waals surface area contributed by atoms with Gasteiger partial charge in [0.05, 0.1) is 29.6 Å². The Labute approximate surface area is 134 Å². The Balaban J connectivity index is 2.14. The van der Waals surface area contributed by atoms with Crippen LogP contribution in [0.25, 0.3) is 0 Å². The van der Waals surface area contributed by atoms with Gasteiger partial charge in [0.25, 0.3) is 0 Å². The minimum absolute atomic E-state index is 0.00903. The van der Waals surface area contributed by atoms with E-state index in [0.717, 1.165) is 0 Å². The van der Waals surface area contributed by atoms with E-state index in [0.29, 0.717) is 12.7 Å².